The predicted molar refractivity (Wildman–Crippen MR) is 79.2 cm³/mol. The molecule has 1 aliphatic rings. The minimum absolute atomic E-state index is 0.0450. The number of para-hydroxylation sites is 1. The van der Waals surface area contributed by atoms with Crippen LogP contribution in [0.5, 0.6) is 5.75 Å². The van der Waals surface area contributed by atoms with Gasteiger partial charge in [0.25, 0.3) is 5.91 Å². The van der Waals surface area contributed by atoms with Crippen molar-refractivity contribution in [3.8, 4) is 5.75 Å². The second-order valence-electron chi connectivity index (χ2n) is 4.89. The maximum Gasteiger partial charge on any atom is 0.339 e. The number of carboxylic acid groups (broad SMARTS) is 1. The summed E-state index contributed by atoms with van der Waals surface area (Å²) in [6.45, 7) is 4.29. The number of amides is 1. The van der Waals surface area contributed by atoms with E-state index in [4.69, 9.17) is 14.6 Å². The van der Waals surface area contributed by atoms with Gasteiger partial charge in [-0.25, -0.2) is 4.79 Å². The molecule has 0 radical (unpaired) electrons. The van der Waals surface area contributed by atoms with E-state index < -0.39 is 5.97 Å². The van der Waals surface area contributed by atoms with Gasteiger partial charge in [-0.05, 0) is 12.1 Å². The Hall–Kier alpha value is -2.12. The molecule has 1 amide bonds. The fourth-order valence-corrected chi connectivity index (χ4v) is 2.14. The van der Waals surface area contributed by atoms with Crippen molar-refractivity contribution in [1.82, 2.24) is 10.2 Å². The second-order valence-corrected chi connectivity index (χ2v) is 4.89. The zero-order chi connectivity index (χ0) is 15.8. The van der Waals surface area contributed by atoms with Crippen LogP contribution in [0.25, 0.3) is 0 Å². The Labute approximate surface area is 128 Å². The van der Waals surface area contributed by atoms with Gasteiger partial charge in [0.2, 0.25) is 0 Å². The molecular weight excluding hydrogens is 288 g/mol. The van der Waals surface area contributed by atoms with E-state index in [0.29, 0.717) is 6.54 Å². The highest BCUT2D eigenvalue weighted by Gasteiger charge is 2.12. The molecule has 0 saturated carbocycles. The topological polar surface area (TPSA) is 88.1 Å². The summed E-state index contributed by atoms with van der Waals surface area (Å²) < 4.78 is 10.5. The summed E-state index contributed by atoms with van der Waals surface area (Å²) in [5, 5.41) is 11.8. The Kier molecular flexibility index (Phi) is 6.17. The summed E-state index contributed by atoms with van der Waals surface area (Å²) in [6, 6.07) is 6.25. The van der Waals surface area contributed by atoms with Gasteiger partial charge in [0, 0.05) is 26.2 Å². The number of ether oxygens (including phenoxy) is 2. The van der Waals surface area contributed by atoms with E-state index >= 15 is 0 Å². The van der Waals surface area contributed by atoms with Crippen LogP contribution in [0, 0.1) is 0 Å². The zero-order valence-electron chi connectivity index (χ0n) is 12.3. The summed E-state index contributed by atoms with van der Waals surface area (Å²) >= 11 is 0. The second kappa shape index (κ2) is 8.35. The molecule has 0 atom stereocenters. The third kappa shape index (κ3) is 5.01. The van der Waals surface area contributed by atoms with E-state index in [1.165, 1.54) is 12.1 Å². The highest BCUT2D eigenvalue weighted by atomic mass is 16.5. The average Bonchev–Trinajstić information content (AvgIpc) is 2.54. The highest BCUT2D eigenvalue weighted by molar-refractivity contribution is 5.91. The van der Waals surface area contributed by atoms with Gasteiger partial charge in [0.1, 0.15) is 11.3 Å². The normalized spacial score (nSPS) is 15.3. The first-order valence-corrected chi connectivity index (χ1v) is 7.19. The molecule has 0 bridgehead atoms. The monoisotopic (exact) mass is 308 g/mol. The van der Waals surface area contributed by atoms with Gasteiger partial charge in [-0.15, -0.1) is 0 Å². The number of carbonyl (C=O) groups excluding carboxylic acids is 1. The maximum atomic E-state index is 11.7. The minimum Gasteiger partial charge on any atom is -0.483 e. The maximum absolute atomic E-state index is 11.7. The van der Waals surface area contributed by atoms with E-state index in [9.17, 15) is 9.59 Å². The number of carboxylic acids is 1. The fraction of sp³-hybridized carbons (Fsp3) is 0.467. The lowest BCUT2D eigenvalue weighted by Gasteiger charge is -2.26. The molecule has 7 heteroatoms. The SMILES string of the molecule is O=C(COc1ccccc1C(=O)O)NCCN1CCOCC1. The van der Waals surface area contributed by atoms with Gasteiger partial charge in [0.05, 0.1) is 13.2 Å². The summed E-state index contributed by atoms with van der Waals surface area (Å²) in [6.07, 6.45) is 0. The lowest BCUT2D eigenvalue weighted by atomic mass is 10.2. The molecule has 2 N–H and O–H groups in total. The molecule has 0 unspecified atom stereocenters. The fourth-order valence-electron chi connectivity index (χ4n) is 2.14. The third-order valence-corrected chi connectivity index (χ3v) is 3.33. The first kappa shape index (κ1) is 16.3. The molecule has 1 aliphatic heterocycles. The standard InChI is InChI=1S/C15H20N2O5/c18-14(16-5-6-17-7-9-21-10-8-17)11-22-13-4-2-1-3-12(13)15(19)20/h1-4H,5-11H2,(H,16,18)(H,19,20). The molecule has 1 heterocycles. The Balaban J connectivity index is 1.70. The van der Waals surface area contributed by atoms with Gasteiger partial charge in [-0.1, -0.05) is 12.1 Å². The van der Waals surface area contributed by atoms with Gasteiger partial charge >= 0.3 is 5.97 Å². The van der Waals surface area contributed by atoms with Crippen LogP contribution in [0.4, 0.5) is 0 Å². The number of benzene rings is 1. The van der Waals surface area contributed by atoms with Crippen molar-refractivity contribution < 1.29 is 24.2 Å². The molecule has 120 valence electrons. The number of nitrogens with one attached hydrogen (secondary N) is 1. The summed E-state index contributed by atoms with van der Waals surface area (Å²) in [5.41, 5.74) is 0.0450. The van der Waals surface area contributed by atoms with Crippen LogP contribution >= 0.6 is 0 Å². The van der Waals surface area contributed by atoms with Crippen LogP contribution < -0.4 is 10.1 Å². The Morgan fingerprint density at radius 3 is 2.73 bits per heavy atom. The molecule has 1 aromatic rings. The van der Waals surface area contributed by atoms with Crippen LogP contribution in [0.2, 0.25) is 0 Å². The first-order chi connectivity index (χ1) is 10.7. The van der Waals surface area contributed by atoms with Crippen molar-refractivity contribution in [2.75, 3.05) is 46.0 Å². The largest absolute Gasteiger partial charge is 0.483 e. The molecule has 22 heavy (non-hydrogen) atoms. The van der Waals surface area contributed by atoms with Crippen LogP contribution in [-0.2, 0) is 9.53 Å². The zero-order valence-corrected chi connectivity index (χ0v) is 12.3. The molecule has 0 aromatic heterocycles. The van der Waals surface area contributed by atoms with Gasteiger partial charge in [0.15, 0.2) is 6.61 Å². The first-order valence-electron chi connectivity index (χ1n) is 7.19. The molecule has 0 aliphatic carbocycles. The Bertz CT molecular complexity index is 514. The molecule has 2 rings (SSSR count). The van der Waals surface area contributed by atoms with Gasteiger partial charge in [-0.2, -0.15) is 0 Å². The number of rotatable bonds is 7. The molecule has 1 saturated heterocycles. The third-order valence-electron chi connectivity index (χ3n) is 3.33. The van der Waals surface area contributed by atoms with Crippen LogP contribution in [0.15, 0.2) is 24.3 Å². The van der Waals surface area contributed by atoms with Crippen LogP contribution in [-0.4, -0.2) is 67.9 Å². The lowest BCUT2D eigenvalue weighted by Crippen LogP contribution is -2.42. The van der Waals surface area contributed by atoms with Crippen molar-refractivity contribution in [2.45, 2.75) is 0 Å². The molecule has 0 spiro atoms. The summed E-state index contributed by atoms with van der Waals surface area (Å²) in [5.74, 6) is -1.16. The van der Waals surface area contributed by atoms with E-state index in [0.717, 1.165) is 32.8 Å². The summed E-state index contributed by atoms with van der Waals surface area (Å²) in [7, 11) is 0. The van der Waals surface area contributed by atoms with Crippen molar-refractivity contribution in [2.24, 2.45) is 0 Å². The molecule has 1 aromatic carbocycles. The molecular formula is C15H20N2O5. The molecule has 1 fully saturated rings. The van der Waals surface area contributed by atoms with E-state index in [1.54, 1.807) is 12.1 Å². The number of hydrogen-bond donors (Lipinski definition) is 2. The van der Waals surface area contributed by atoms with Crippen molar-refractivity contribution in [3.63, 3.8) is 0 Å². The van der Waals surface area contributed by atoms with E-state index in [2.05, 4.69) is 10.2 Å². The Morgan fingerprint density at radius 2 is 2.00 bits per heavy atom. The number of aromatic carboxylic acids is 1. The molecule has 7 nitrogen and oxygen atoms in total. The smallest absolute Gasteiger partial charge is 0.339 e. The minimum atomic E-state index is -1.08. The van der Waals surface area contributed by atoms with Gasteiger partial charge in [-0.3, -0.25) is 9.69 Å². The lowest BCUT2D eigenvalue weighted by molar-refractivity contribution is -0.123. The quantitative estimate of drug-likeness (QED) is 0.749. The van der Waals surface area contributed by atoms with Crippen molar-refractivity contribution in [3.05, 3.63) is 29.8 Å². The summed E-state index contributed by atoms with van der Waals surface area (Å²) in [4.78, 5) is 24.9. The van der Waals surface area contributed by atoms with E-state index in [-0.39, 0.29) is 23.8 Å². The number of hydrogen-bond acceptors (Lipinski definition) is 5. The van der Waals surface area contributed by atoms with Crippen LogP contribution in [0.3, 0.4) is 0 Å². The highest BCUT2D eigenvalue weighted by Crippen LogP contribution is 2.17. The van der Waals surface area contributed by atoms with E-state index in [1.807, 2.05) is 0 Å². The number of carbonyl (C=O) groups is 2. The van der Waals surface area contributed by atoms with Gasteiger partial charge < -0.3 is 19.9 Å². The number of morpholine rings is 1. The van der Waals surface area contributed by atoms with Crippen molar-refractivity contribution >= 4 is 11.9 Å². The van der Waals surface area contributed by atoms with Crippen LogP contribution in [0.1, 0.15) is 10.4 Å². The predicted octanol–water partition coefficient (Wildman–Crippen LogP) is 0.212. The van der Waals surface area contributed by atoms with Crippen molar-refractivity contribution in [1.29, 1.82) is 0 Å². The Morgan fingerprint density at radius 1 is 1.27 bits per heavy atom. The number of nitrogens with zero attached hydrogens (tertiary/aromatic N) is 1. The average molecular weight is 308 g/mol.